The van der Waals surface area contributed by atoms with Crippen LogP contribution in [0.1, 0.15) is 31.9 Å². The number of aromatic nitrogens is 1. The minimum Gasteiger partial charge on any atom is -0.466 e. The number of hydrogen-bond donors (Lipinski definition) is 0. The maximum absolute atomic E-state index is 13.0. The fourth-order valence-electron chi connectivity index (χ4n) is 4.33. The van der Waals surface area contributed by atoms with E-state index in [-0.39, 0.29) is 23.7 Å². The molecule has 4 atom stereocenters. The molecule has 1 aromatic rings. The van der Waals surface area contributed by atoms with Crippen LogP contribution in [0, 0.1) is 23.6 Å². The monoisotopic (exact) mass is 306 g/mol. The normalized spacial score (nSPS) is 30.0. The van der Waals surface area contributed by atoms with E-state index in [0.717, 1.165) is 18.5 Å². The first-order chi connectivity index (χ1) is 10.6. The summed E-state index contributed by atoms with van der Waals surface area (Å²) < 4.78 is 18.3. The molecule has 0 saturated heterocycles. The Bertz CT molecular complexity index is 534. The van der Waals surface area contributed by atoms with Crippen LogP contribution in [0.4, 0.5) is 4.39 Å². The third-order valence-electron chi connectivity index (χ3n) is 5.14. The molecule has 0 N–H and O–H groups in total. The third kappa shape index (κ3) is 2.86. The van der Waals surface area contributed by atoms with Crippen molar-refractivity contribution in [3.05, 3.63) is 29.8 Å². The second-order valence-corrected chi connectivity index (χ2v) is 6.48. The van der Waals surface area contributed by atoms with Gasteiger partial charge in [0.15, 0.2) is 0 Å². The number of esters is 1. The highest BCUT2D eigenvalue weighted by Gasteiger charge is 2.52. The zero-order chi connectivity index (χ0) is 15.7. The second-order valence-electron chi connectivity index (χ2n) is 6.48. The van der Waals surface area contributed by atoms with E-state index in [4.69, 9.17) is 4.74 Å². The van der Waals surface area contributed by atoms with Gasteiger partial charge in [-0.2, -0.15) is 0 Å². The fourth-order valence-corrected chi connectivity index (χ4v) is 4.33. The molecule has 4 unspecified atom stereocenters. The molecular weight excluding hydrogens is 283 g/mol. The van der Waals surface area contributed by atoms with Gasteiger partial charge >= 0.3 is 5.97 Å². The van der Waals surface area contributed by atoms with Crippen LogP contribution in [-0.4, -0.2) is 35.5 Å². The van der Waals surface area contributed by atoms with Crippen molar-refractivity contribution in [3.8, 4) is 0 Å². The lowest BCUT2D eigenvalue weighted by Gasteiger charge is -2.36. The highest BCUT2D eigenvalue weighted by Crippen LogP contribution is 2.50. The lowest BCUT2D eigenvalue weighted by Crippen LogP contribution is -2.45. The van der Waals surface area contributed by atoms with Gasteiger partial charge in [-0.25, -0.2) is 4.39 Å². The maximum atomic E-state index is 13.0. The maximum Gasteiger partial charge on any atom is 0.310 e. The van der Waals surface area contributed by atoms with E-state index in [0.29, 0.717) is 25.0 Å². The highest BCUT2D eigenvalue weighted by molar-refractivity contribution is 5.74. The quantitative estimate of drug-likeness (QED) is 0.784. The van der Waals surface area contributed by atoms with Crippen LogP contribution in [0.3, 0.4) is 0 Å². The van der Waals surface area contributed by atoms with Crippen molar-refractivity contribution < 1.29 is 13.9 Å². The van der Waals surface area contributed by atoms with Gasteiger partial charge in [-0.05, 0) is 57.2 Å². The van der Waals surface area contributed by atoms with E-state index >= 15 is 0 Å². The highest BCUT2D eigenvalue weighted by atomic mass is 19.1. The average molecular weight is 306 g/mol. The van der Waals surface area contributed by atoms with Crippen LogP contribution in [0.2, 0.25) is 0 Å². The Morgan fingerprint density at radius 3 is 2.86 bits per heavy atom. The van der Waals surface area contributed by atoms with Gasteiger partial charge in [-0.15, -0.1) is 0 Å². The fraction of sp³-hybridized carbons (Fsp3) is 0.647. The van der Waals surface area contributed by atoms with Crippen LogP contribution in [0.25, 0.3) is 0 Å². The van der Waals surface area contributed by atoms with E-state index in [1.165, 1.54) is 18.7 Å². The summed E-state index contributed by atoms with van der Waals surface area (Å²) in [6.45, 7) is 2.92. The van der Waals surface area contributed by atoms with Crippen LogP contribution in [-0.2, 0) is 16.1 Å². The molecule has 2 saturated carbocycles. The molecule has 2 aliphatic carbocycles. The Morgan fingerprint density at radius 1 is 1.41 bits per heavy atom. The van der Waals surface area contributed by atoms with Crippen molar-refractivity contribution in [2.45, 2.75) is 38.8 Å². The molecule has 4 nitrogen and oxygen atoms in total. The number of ether oxygens (including phenoxy) is 1. The van der Waals surface area contributed by atoms with E-state index in [2.05, 4.69) is 9.88 Å². The number of halogens is 1. The molecule has 120 valence electrons. The zero-order valence-electron chi connectivity index (χ0n) is 13.2. The van der Waals surface area contributed by atoms with Crippen molar-refractivity contribution in [1.82, 2.24) is 9.88 Å². The molecule has 0 spiro atoms. The Morgan fingerprint density at radius 2 is 2.18 bits per heavy atom. The summed E-state index contributed by atoms with van der Waals surface area (Å²) in [5.41, 5.74) is 0.828. The second kappa shape index (κ2) is 6.32. The summed E-state index contributed by atoms with van der Waals surface area (Å²) in [5, 5.41) is 0. The summed E-state index contributed by atoms with van der Waals surface area (Å²) in [4.78, 5) is 18.7. The van der Waals surface area contributed by atoms with Gasteiger partial charge < -0.3 is 4.74 Å². The molecule has 0 radical (unpaired) electrons. The summed E-state index contributed by atoms with van der Waals surface area (Å²) in [7, 11) is 2.03. The summed E-state index contributed by atoms with van der Waals surface area (Å²) in [6.07, 6.45) is 4.68. The summed E-state index contributed by atoms with van der Waals surface area (Å²) in [5.74, 6) is 0.612. The van der Waals surface area contributed by atoms with E-state index < -0.39 is 0 Å². The number of rotatable bonds is 5. The summed E-state index contributed by atoms with van der Waals surface area (Å²) >= 11 is 0. The number of fused-ring (bicyclic) bond motifs is 2. The molecular formula is C17H23FN2O2. The number of hydrogen-bond acceptors (Lipinski definition) is 4. The third-order valence-corrected chi connectivity index (χ3v) is 5.14. The van der Waals surface area contributed by atoms with Gasteiger partial charge in [0.25, 0.3) is 0 Å². The molecule has 22 heavy (non-hydrogen) atoms. The average Bonchev–Trinajstić information content (AvgIpc) is 3.10. The largest absolute Gasteiger partial charge is 0.466 e. The first-order valence-electron chi connectivity index (χ1n) is 8.07. The van der Waals surface area contributed by atoms with Crippen molar-refractivity contribution >= 4 is 5.97 Å². The van der Waals surface area contributed by atoms with Crippen LogP contribution in [0.15, 0.2) is 18.3 Å². The Labute approximate surface area is 130 Å². The van der Waals surface area contributed by atoms with Crippen molar-refractivity contribution in [3.63, 3.8) is 0 Å². The van der Waals surface area contributed by atoms with Gasteiger partial charge in [0.2, 0.25) is 0 Å². The standard InChI is InChI=1S/C17H23FN2O2/c1-3-22-17(21)15-11-4-5-12(8-11)16(15)20(2)10-14-7-6-13(18)9-19-14/h6-7,9,11-12,15-16H,3-5,8,10H2,1-2H3. The number of carbonyl (C=O) groups is 1. The van der Waals surface area contributed by atoms with E-state index in [9.17, 15) is 9.18 Å². The molecule has 2 bridgehead atoms. The van der Waals surface area contributed by atoms with E-state index in [1.54, 1.807) is 6.07 Å². The van der Waals surface area contributed by atoms with Crippen LogP contribution >= 0.6 is 0 Å². The first-order valence-corrected chi connectivity index (χ1v) is 8.07. The Balaban J connectivity index is 1.73. The lowest BCUT2D eigenvalue weighted by molar-refractivity contribution is -0.152. The van der Waals surface area contributed by atoms with Crippen molar-refractivity contribution in [2.75, 3.05) is 13.7 Å². The molecule has 1 aromatic heterocycles. The predicted octanol–water partition coefficient (Wildman–Crippen LogP) is 2.63. The zero-order valence-corrected chi connectivity index (χ0v) is 13.2. The number of carbonyl (C=O) groups excluding carboxylic acids is 1. The first kappa shape index (κ1) is 15.4. The molecule has 0 aromatic carbocycles. The SMILES string of the molecule is CCOC(=O)C1C2CCC(C2)C1N(C)Cc1ccc(F)cn1. The molecule has 0 aliphatic heterocycles. The van der Waals surface area contributed by atoms with Crippen LogP contribution < -0.4 is 0 Å². The molecule has 1 heterocycles. The van der Waals surface area contributed by atoms with Gasteiger partial charge in [0.1, 0.15) is 5.82 Å². The van der Waals surface area contributed by atoms with Gasteiger partial charge in [0.05, 0.1) is 24.4 Å². The van der Waals surface area contributed by atoms with Crippen LogP contribution in [0.5, 0.6) is 0 Å². The molecule has 2 aliphatic rings. The number of pyridine rings is 1. The smallest absolute Gasteiger partial charge is 0.310 e. The topological polar surface area (TPSA) is 42.4 Å². The van der Waals surface area contributed by atoms with Gasteiger partial charge in [-0.3, -0.25) is 14.7 Å². The summed E-state index contributed by atoms with van der Waals surface area (Å²) in [6, 6.07) is 3.35. The Kier molecular flexibility index (Phi) is 4.43. The molecule has 2 fully saturated rings. The number of nitrogens with zero attached hydrogens (tertiary/aromatic N) is 2. The Hall–Kier alpha value is -1.49. The lowest BCUT2D eigenvalue weighted by atomic mass is 9.83. The molecule has 5 heteroatoms. The van der Waals surface area contributed by atoms with Gasteiger partial charge in [0, 0.05) is 12.6 Å². The minimum atomic E-state index is -0.323. The minimum absolute atomic E-state index is 0.0239. The van der Waals surface area contributed by atoms with Crippen molar-refractivity contribution in [1.29, 1.82) is 0 Å². The predicted molar refractivity (Wildman–Crippen MR) is 80.4 cm³/mol. The van der Waals surface area contributed by atoms with E-state index in [1.807, 2.05) is 14.0 Å². The molecule has 3 rings (SSSR count). The molecule has 0 amide bonds. The van der Waals surface area contributed by atoms with Gasteiger partial charge in [-0.1, -0.05) is 0 Å². The van der Waals surface area contributed by atoms with Crippen molar-refractivity contribution in [2.24, 2.45) is 17.8 Å².